The topological polar surface area (TPSA) is 125 Å². The van der Waals surface area contributed by atoms with Crippen molar-refractivity contribution in [2.24, 2.45) is 5.10 Å². The molecule has 34 heavy (non-hydrogen) atoms. The van der Waals surface area contributed by atoms with E-state index >= 15 is 0 Å². The second-order valence-corrected chi connectivity index (χ2v) is 7.79. The molecule has 1 N–H and O–H groups in total. The van der Waals surface area contributed by atoms with E-state index in [0.29, 0.717) is 23.0 Å². The first-order valence-corrected chi connectivity index (χ1v) is 10.4. The Hall–Kier alpha value is -4.60. The van der Waals surface area contributed by atoms with E-state index in [1.165, 1.54) is 10.8 Å². The van der Waals surface area contributed by atoms with Crippen LogP contribution in [0, 0.1) is 30.9 Å². The summed E-state index contributed by atoms with van der Waals surface area (Å²) in [6.45, 7) is 5.27. The van der Waals surface area contributed by atoms with Gasteiger partial charge in [-0.05, 0) is 49.1 Å². The predicted octanol–water partition coefficient (Wildman–Crippen LogP) is 4.21. The van der Waals surface area contributed by atoms with Gasteiger partial charge in [-0.15, -0.1) is 0 Å². The fourth-order valence-corrected chi connectivity index (χ4v) is 3.34. The first-order chi connectivity index (χ1) is 16.3. The van der Waals surface area contributed by atoms with Gasteiger partial charge in [-0.3, -0.25) is 4.79 Å². The van der Waals surface area contributed by atoms with Crippen LogP contribution in [0.5, 0.6) is 11.6 Å². The third-order valence-electron chi connectivity index (χ3n) is 5.11. The van der Waals surface area contributed by atoms with E-state index in [9.17, 15) is 14.9 Å². The fourth-order valence-electron chi connectivity index (χ4n) is 3.34. The van der Waals surface area contributed by atoms with Crippen LogP contribution in [0.4, 0.5) is 5.82 Å². The summed E-state index contributed by atoms with van der Waals surface area (Å²) in [6.07, 6.45) is 2.55. The lowest BCUT2D eigenvalue weighted by molar-refractivity contribution is -0.392. The number of nitrogens with one attached hydrogen (secondary N) is 1. The number of imidazole rings is 1. The van der Waals surface area contributed by atoms with E-state index in [2.05, 4.69) is 20.5 Å². The highest BCUT2D eigenvalue weighted by Gasteiger charge is 2.20. The average Bonchev–Trinajstić information content (AvgIpc) is 3.16. The Kier molecular flexibility index (Phi) is 6.30. The summed E-state index contributed by atoms with van der Waals surface area (Å²) in [7, 11) is 0. The number of aryl methyl sites for hydroxylation is 3. The number of ether oxygens (including phenoxy) is 1. The number of rotatable bonds is 7. The Balaban J connectivity index is 1.58. The molecule has 4 aromatic rings. The summed E-state index contributed by atoms with van der Waals surface area (Å²) in [4.78, 5) is 31.4. The third-order valence-corrected chi connectivity index (χ3v) is 5.11. The van der Waals surface area contributed by atoms with E-state index in [-0.39, 0.29) is 12.4 Å². The lowest BCUT2D eigenvalue weighted by Crippen LogP contribution is -2.24. The van der Waals surface area contributed by atoms with Gasteiger partial charge in [0.05, 0.1) is 17.3 Å². The zero-order chi connectivity index (χ0) is 24.2. The van der Waals surface area contributed by atoms with Crippen molar-refractivity contribution in [2.75, 3.05) is 0 Å². The number of nitrogens with zero attached hydrogens (tertiary/aromatic N) is 5. The number of fused-ring (bicyclic) bond motifs is 1. The molecule has 172 valence electrons. The minimum absolute atomic E-state index is 0.264. The molecule has 2 heterocycles. The summed E-state index contributed by atoms with van der Waals surface area (Å²) in [5, 5.41) is 16.0. The molecule has 0 aliphatic rings. The predicted molar refractivity (Wildman–Crippen MR) is 127 cm³/mol. The molecule has 0 bridgehead atoms. The molecule has 0 fully saturated rings. The number of amides is 1. The largest absolute Gasteiger partial charge is 0.438 e. The second-order valence-electron chi connectivity index (χ2n) is 7.79. The molecule has 0 atom stereocenters. The van der Waals surface area contributed by atoms with Gasteiger partial charge in [-0.1, -0.05) is 29.3 Å². The number of hydrazone groups is 1. The zero-order valence-corrected chi connectivity index (χ0v) is 18.8. The van der Waals surface area contributed by atoms with Crippen molar-refractivity contribution in [3.8, 4) is 11.6 Å². The monoisotopic (exact) mass is 458 g/mol. The van der Waals surface area contributed by atoms with E-state index in [0.717, 1.165) is 28.2 Å². The summed E-state index contributed by atoms with van der Waals surface area (Å²) in [5.41, 5.74) is 5.90. The van der Waals surface area contributed by atoms with Gasteiger partial charge in [-0.2, -0.15) is 5.10 Å². The van der Waals surface area contributed by atoms with Crippen molar-refractivity contribution in [1.82, 2.24) is 20.0 Å². The number of pyridine rings is 1. The molecule has 1 amide bonds. The van der Waals surface area contributed by atoms with Gasteiger partial charge in [0.2, 0.25) is 5.88 Å². The highest BCUT2D eigenvalue weighted by atomic mass is 16.6. The average molecular weight is 458 g/mol. The van der Waals surface area contributed by atoms with E-state index in [4.69, 9.17) is 4.74 Å². The van der Waals surface area contributed by atoms with Gasteiger partial charge in [-0.25, -0.2) is 20.0 Å². The lowest BCUT2D eigenvalue weighted by atomic mass is 10.1. The fraction of sp³-hybridized carbons (Fsp3) is 0.167. The molecule has 2 aromatic carbocycles. The number of benzene rings is 2. The molecule has 0 radical (unpaired) electrons. The highest BCUT2D eigenvalue weighted by molar-refractivity contribution is 5.91. The van der Waals surface area contributed by atoms with Crippen molar-refractivity contribution < 1.29 is 14.5 Å². The van der Waals surface area contributed by atoms with Gasteiger partial charge < -0.3 is 14.9 Å². The molecule has 0 saturated carbocycles. The van der Waals surface area contributed by atoms with Crippen LogP contribution in [0.2, 0.25) is 0 Å². The summed E-state index contributed by atoms with van der Waals surface area (Å²) < 4.78 is 7.21. The molecular weight excluding hydrogens is 436 g/mol. The number of aromatic nitrogens is 3. The van der Waals surface area contributed by atoms with Gasteiger partial charge >= 0.3 is 5.82 Å². The van der Waals surface area contributed by atoms with E-state index in [1.807, 2.05) is 62.4 Å². The number of hydrogen-bond acceptors (Lipinski definition) is 7. The first-order valence-electron chi connectivity index (χ1n) is 10.4. The molecule has 10 heteroatoms. The minimum Gasteiger partial charge on any atom is -0.438 e. The van der Waals surface area contributed by atoms with Crippen molar-refractivity contribution >= 4 is 28.8 Å². The lowest BCUT2D eigenvalue weighted by Gasteiger charge is -2.10. The molecule has 10 nitrogen and oxygen atoms in total. The smallest absolute Gasteiger partial charge is 0.343 e. The Morgan fingerprint density at radius 1 is 1.15 bits per heavy atom. The molecule has 0 aliphatic carbocycles. The molecule has 0 spiro atoms. The first kappa shape index (κ1) is 22.6. The van der Waals surface area contributed by atoms with Crippen LogP contribution in [0.25, 0.3) is 10.9 Å². The second kappa shape index (κ2) is 9.49. The Morgan fingerprint density at radius 2 is 1.88 bits per heavy atom. The number of hydrogen-bond donors (Lipinski definition) is 1. The molecule has 0 unspecified atom stereocenters. The summed E-state index contributed by atoms with van der Waals surface area (Å²) in [6, 6.07) is 15.3. The van der Waals surface area contributed by atoms with Crippen LogP contribution in [-0.4, -0.2) is 31.6 Å². The quantitative estimate of drug-likeness (QED) is 0.251. The summed E-state index contributed by atoms with van der Waals surface area (Å²) in [5.74, 6) is 0.504. The van der Waals surface area contributed by atoms with Crippen molar-refractivity contribution in [2.45, 2.75) is 27.3 Å². The Labute approximate surface area is 195 Å². The number of carbonyl (C=O) groups is 1. The molecule has 4 rings (SSSR count). The normalized spacial score (nSPS) is 11.1. The van der Waals surface area contributed by atoms with E-state index in [1.54, 1.807) is 6.92 Å². The van der Waals surface area contributed by atoms with Gasteiger partial charge in [0.15, 0.2) is 12.4 Å². The maximum absolute atomic E-state index is 12.3. The molecule has 2 aromatic heterocycles. The number of carbonyl (C=O) groups excluding carboxylic acids is 1. The van der Waals surface area contributed by atoms with Gasteiger partial charge in [0.1, 0.15) is 11.9 Å². The Bertz CT molecular complexity index is 1410. The standard InChI is InChI=1S/C24H22N6O4/c1-15-4-7-20(8-5-15)34-24-19(11-18-10-16(2)6-9-21(18)27-24)12-26-28-22(31)14-29-17(3)25-13-23(29)30(32)33/h4-13H,14H2,1-3H3,(H,28,31)/b26-12+. The Morgan fingerprint density at radius 3 is 2.62 bits per heavy atom. The van der Waals surface area contributed by atoms with E-state index < -0.39 is 10.8 Å². The SMILES string of the molecule is Cc1ccc(Oc2nc3ccc(C)cc3cc2/C=N/NC(=O)Cn2c([N+](=O)[O-])cnc2C)cc1. The van der Waals surface area contributed by atoms with Crippen LogP contribution in [-0.2, 0) is 11.3 Å². The molecule has 0 aliphatic heterocycles. The van der Waals surface area contributed by atoms with Crippen LogP contribution in [0.15, 0.2) is 59.8 Å². The van der Waals surface area contributed by atoms with Crippen LogP contribution in [0.3, 0.4) is 0 Å². The van der Waals surface area contributed by atoms with Gasteiger partial charge in [0.25, 0.3) is 5.91 Å². The van der Waals surface area contributed by atoms with Crippen LogP contribution < -0.4 is 10.2 Å². The third kappa shape index (κ3) is 5.07. The summed E-state index contributed by atoms with van der Waals surface area (Å²) >= 11 is 0. The van der Waals surface area contributed by atoms with Crippen LogP contribution in [0.1, 0.15) is 22.5 Å². The minimum atomic E-state index is -0.589. The van der Waals surface area contributed by atoms with Crippen LogP contribution >= 0.6 is 0 Å². The van der Waals surface area contributed by atoms with Crippen molar-refractivity contribution in [3.63, 3.8) is 0 Å². The maximum Gasteiger partial charge on any atom is 0.343 e. The highest BCUT2D eigenvalue weighted by Crippen LogP contribution is 2.27. The zero-order valence-electron chi connectivity index (χ0n) is 18.8. The maximum atomic E-state index is 12.3. The van der Waals surface area contributed by atoms with Crippen molar-refractivity contribution in [1.29, 1.82) is 0 Å². The number of nitro groups is 1. The molecular formula is C24H22N6O4. The van der Waals surface area contributed by atoms with Crippen molar-refractivity contribution in [3.05, 3.63) is 87.4 Å². The molecule has 0 saturated heterocycles. The van der Waals surface area contributed by atoms with Gasteiger partial charge in [0, 0.05) is 12.3 Å².